The predicted molar refractivity (Wildman–Crippen MR) is 137 cm³/mol. The van der Waals surface area contributed by atoms with Gasteiger partial charge in [0.25, 0.3) is 0 Å². The molecule has 0 aromatic carbocycles. The highest BCUT2D eigenvalue weighted by molar-refractivity contribution is 5.93. The van der Waals surface area contributed by atoms with Crippen LogP contribution in [0.1, 0.15) is 87.0 Å². The van der Waals surface area contributed by atoms with Crippen LogP contribution in [-0.2, 0) is 28.7 Å². The first-order valence-electron chi connectivity index (χ1n) is 13.4. The van der Waals surface area contributed by atoms with Crippen LogP contribution in [0.2, 0.25) is 0 Å². The van der Waals surface area contributed by atoms with Gasteiger partial charge in [-0.1, -0.05) is 40.0 Å². The Kier molecular flexibility index (Phi) is 10.5. The molecule has 1 saturated heterocycles. The monoisotopic (exact) mass is 523 g/mol. The summed E-state index contributed by atoms with van der Waals surface area (Å²) in [7, 11) is 0. The fourth-order valence-electron chi connectivity index (χ4n) is 5.28. The van der Waals surface area contributed by atoms with Crippen LogP contribution in [0, 0.1) is 17.3 Å². The summed E-state index contributed by atoms with van der Waals surface area (Å²) in [5.74, 6) is -1.01. The number of amides is 3. The Morgan fingerprint density at radius 2 is 1.76 bits per heavy atom. The summed E-state index contributed by atoms with van der Waals surface area (Å²) in [5.41, 5.74) is -0.847. The molecule has 1 aliphatic heterocycles. The van der Waals surface area contributed by atoms with Crippen LogP contribution in [0.25, 0.3) is 0 Å². The number of nitrogens with zero attached hydrogens (tertiary/aromatic N) is 1. The van der Waals surface area contributed by atoms with Gasteiger partial charge in [-0.05, 0) is 57.3 Å². The van der Waals surface area contributed by atoms with Gasteiger partial charge < -0.3 is 29.8 Å². The number of carbonyl (C=O) groups excluding carboxylic acids is 5. The summed E-state index contributed by atoms with van der Waals surface area (Å²) >= 11 is 0. The quantitative estimate of drug-likeness (QED) is 0.216. The van der Waals surface area contributed by atoms with Gasteiger partial charge in [0.15, 0.2) is 0 Å². The van der Waals surface area contributed by atoms with Crippen molar-refractivity contribution in [2.75, 3.05) is 13.2 Å². The van der Waals surface area contributed by atoms with Gasteiger partial charge in [0, 0.05) is 13.5 Å². The average Bonchev–Trinajstić information content (AvgIpc) is 3.12. The molecule has 5 atom stereocenters. The van der Waals surface area contributed by atoms with E-state index in [1.54, 1.807) is 20.8 Å². The third-order valence-corrected chi connectivity index (χ3v) is 7.30. The Labute approximate surface area is 220 Å². The Hall–Kier alpha value is -2.65. The number of ether oxygens (including phenoxy) is 2. The van der Waals surface area contributed by atoms with Crippen molar-refractivity contribution < 1.29 is 33.4 Å². The first-order chi connectivity index (χ1) is 17.2. The molecule has 10 nitrogen and oxygen atoms in total. The number of nitrogens with one attached hydrogen (secondary N) is 2. The number of piperidine rings is 1. The molecule has 0 aromatic heterocycles. The lowest BCUT2D eigenvalue weighted by Crippen LogP contribution is -2.57. The number of hydrogen-bond acceptors (Lipinski definition) is 7. The fourth-order valence-corrected chi connectivity index (χ4v) is 5.28. The Morgan fingerprint density at radius 1 is 1.08 bits per heavy atom. The molecule has 1 heterocycles. The molecule has 1 aliphatic carbocycles. The summed E-state index contributed by atoms with van der Waals surface area (Å²) in [6.07, 6.45) is 3.94. The van der Waals surface area contributed by atoms with Crippen LogP contribution in [0.15, 0.2) is 0 Å². The molecule has 0 spiro atoms. The van der Waals surface area contributed by atoms with E-state index in [4.69, 9.17) is 9.47 Å². The second-order valence-electron chi connectivity index (χ2n) is 11.8. The minimum absolute atomic E-state index is 0.0254. The number of rotatable bonds is 13. The molecule has 1 saturated carbocycles. The van der Waals surface area contributed by atoms with E-state index in [-0.39, 0.29) is 42.1 Å². The predicted octanol–water partition coefficient (Wildman–Crippen LogP) is 2.97. The van der Waals surface area contributed by atoms with E-state index in [1.165, 1.54) is 11.8 Å². The average molecular weight is 524 g/mol. The van der Waals surface area contributed by atoms with Crippen molar-refractivity contribution in [2.45, 2.75) is 111 Å². The van der Waals surface area contributed by atoms with E-state index in [0.29, 0.717) is 19.4 Å². The van der Waals surface area contributed by atoms with Gasteiger partial charge in [0.2, 0.25) is 11.8 Å². The van der Waals surface area contributed by atoms with Crippen LogP contribution in [0.5, 0.6) is 0 Å². The zero-order valence-electron chi connectivity index (χ0n) is 23.4. The van der Waals surface area contributed by atoms with Gasteiger partial charge in [-0.25, -0.2) is 4.79 Å². The van der Waals surface area contributed by atoms with Crippen molar-refractivity contribution in [3.8, 4) is 0 Å². The molecular weight excluding hydrogens is 478 g/mol. The van der Waals surface area contributed by atoms with E-state index in [9.17, 15) is 24.0 Å². The van der Waals surface area contributed by atoms with Gasteiger partial charge in [0.1, 0.15) is 24.0 Å². The van der Waals surface area contributed by atoms with E-state index >= 15 is 0 Å². The summed E-state index contributed by atoms with van der Waals surface area (Å²) in [5, 5.41) is 5.51. The van der Waals surface area contributed by atoms with Crippen molar-refractivity contribution in [3.63, 3.8) is 0 Å². The van der Waals surface area contributed by atoms with Crippen molar-refractivity contribution in [1.82, 2.24) is 15.5 Å². The van der Waals surface area contributed by atoms with Crippen molar-refractivity contribution >= 4 is 30.2 Å². The lowest BCUT2D eigenvalue weighted by Gasteiger charge is -2.33. The minimum Gasteiger partial charge on any atom is -0.466 e. The largest absolute Gasteiger partial charge is 0.466 e. The van der Waals surface area contributed by atoms with Gasteiger partial charge in [-0.2, -0.15) is 0 Å². The molecular formula is C27H45N3O7. The molecule has 0 bridgehead atoms. The Bertz CT molecular complexity index is 851. The lowest BCUT2D eigenvalue weighted by molar-refractivity contribution is -0.143. The topological polar surface area (TPSA) is 131 Å². The number of carbonyl (C=O) groups is 5. The van der Waals surface area contributed by atoms with Crippen LogP contribution in [0.4, 0.5) is 4.79 Å². The van der Waals surface area contributed by atoms with Crippen molar-refractivity contribution in [3.05, 3.63) is 0 Å². The third kappa shape index (κ3) is 8.43. The minimum atomic E-state index is -0.951. The molecule has 37 heavy (non-hydrogen) atoms. The molecule has 0 radical (unpaired) electrons. The molecule has 2 rings (SSSR count). The van der Waals surface area contributed by atoms with Gasteiger partial charge in [0.05, 0.1) is 12.6 Å². The number of unbranched alkanes of at least 4 members (excludes halogenated alkanes) is 2. The number of esters is 1. The molecule has 10 heteroatoms. The maximum Gasteiger partial charge on any atom is 0.408 e. The molecule has 3 amide bonds. The molecule has 210 valence electrons. The summed E-state index contributed by atoms with van der Waals surface area (Å²) in [6.45, 7) is 13.2. The summed E-state index contributed by atoms with van der Waals surface area (Å²) in [6, 6.07) is -2.28. The van der Waals surface area contributed by atoms with Gasteiger partial charge in [-0.3, -0.25) is 14.4 Å². The molecule has 0 aromatic rings. The van der Waals surface area contributed by atoms with E-state index in [2.05, 4.69) is 31.4 Å². The molecule has 2 aliphatic rings. The number of fused-ring (bicyclic) bond motifs is 1. The second-order valence-corrected chi connectivity index (χ2v) is 11.8. The van der Waals surface area contributed by atoms with Crippen LogP contribution in [0.3, 0.4) is 0 Å². The standard InChI is InChI=1S/C27H45N3O7/c1-8-9-10-12-18(16-31)28-23(33)22-21-19(27(21,6)7)15-30(22)24(34)20(13-11-14-36-17(2)32)29-25(35)37-26(3,4)5/h16,18-22H,8-15H2,1-7H3,(H,28,33)(H,29,35)/t18-,19-,20-,21-,22-/m0/s1. The van der Waals surface area contributed by atoms with Gasteiger partial charge in [-0.15, -0.1) is 0 Å². The number of aldehydes is 1. The van der Waals surface area contributed by atoms with E-state index in [1.807, 2.05) is 0 Å². The molecule has 2 fully saturated rings. The van der Waals surface area contributed by atoms with Crippen molar-refractivity contribution in [1.29, 1.82) is 0 Å². The van der Waals surface area contributed by atoms with E-state index < -0.39 is 35.8 Å². The van der Waals surface area contributed by atoms with Crippen LogP contribution >= 0.6 is 0 Å². The maximum atomic E-state index is 13.7. The highest BCUT2D eigenvalue weighted by Gasteiger charge is 2.69. The van der Waals surface area contributed by atoms with Crippen LogP contribution in [-0.4, -0.2) is 71.9 Å². The third-order valence-electron chi connectivity index (χ3n) is 7.30. The number of likely N-dealkylation sites (tertiary alicyclic amines) is 1. The van der Waals surface area contributed by atoms with Gasteiger partial charge >= 0.3 is 12.1 Å². The SMILES string of the molecule is CCCCC[C@@H](C=O)NC(=O)[C@@H]1[C@@H]2[C@H](CN1C(=O)[C@H](CCCOC(C)=O)NC(=O)OC(C)(C)C)C2(C)C. The molecule has 2 N–H and O–H groups in total. The lowest BCUT2D eigenvalue weighted by atomic mass is 9.98. The zero-order chi connectivity index (χ0) is 28.0. The van der Waals surface area contributed by atoms with Crippen LogP contribution < -0.4 is 10.6 Å². The first-order valence-corrected chi connectivity index (χ1v) is 13.4. The fraction of sp³-hybridized carbons (Fsp3) is 0.815. The summed E-state index contributed by atoms with van der Waals surface area (Å²) in [4.78, 5) is 64.0. The Balaban J connectivity index is 2.18. The normalized spacial score (nSPS) is 23.3. The van der Waals surface area contributed by atoms with E-state index in [0.717, 1.165) is 25.5 Å². The molecule has 0 unspecified atom stereocenters. The van der Waals surface area contributed by atoms with Crippen molar-refractivity contribution in [2.24, 2.45) is 17.3 Å². The second kappa shape index (κ2) is 12.7. The zero-order valence-corrected chi connectivity index (χ0v) is 23.4. The summed E-state index contributed by atoms with van der Waals surface area (Å²) < 4.78 is 10.3. The smallest absolute Gasteiger partial charge is 0.408 e. The number of hydrogen-bond donors (Lipinski definition) is 2. The maximum absolute atomic E-state index is 13.7. The Morgan fingerprint density at radius 3 is 2.32 bits per heavy atom. The number of alkyl carbamates (subject to hydrolysis) is 1. The highest BCUT2D eigenvalue weighted by Crippen LogP contribution is 2.64. The first kappa shape index (κ1) is 30.6. The highest BCUT2D eigenvalue weighted by atomic mass is 16.6.